The second-order valence-corrected chi connectivity index (χ2v) is 11.7. The van der Waals surface area contributed by atoms with Gasteiger partial charge in [-0.2, -0.15) is 0 Å². The van der Waals surface area contributed by atoms with E-state index >= 15 is 0 Å². The van der Waals surface area contributed by atoms with Crippen molar-refractivity contribution in [2.75, 3.05) is 7.05 Å². The Hall–Kier alpha value is -4.47. The van der Waals surface area contributed by atoms with Crippen LogP contribution >= 0.6 is 23.1 Å². The number of rotatable bonds is 5. The van der Waals surface area contributed by atoms with Crippen molar-refractivity contribution in [1.82, 2.24) is 14.4 Å². The first-order valence-electron chi connectivity index (χ1n) is 13.2. The van der Waals surface area contributed by atoms with Crippen LogP contribution < -0.4 is 19.3 Å². The Kier molecular flexibility index (Phi) is 7.54. The molecule has 1 saturated heterocycles. The molecule has 0 unspecified atom stereocenters. The maximum absolute atomic E-state index is 14.2. The van der Waals surface area contributed by atoms with Crippen LogP contribution in [0.25, 0.3) is 10.6 Å². The molecule has 2 aromatic carbocycles. The van der Waals surface area contributed by atoms with E-state index in [-0.39, 0.29) is 11.5 Å². The van der Waals surface area contributed by atoms with Gasteiger partial charge in [0.05, 0.1) is 32.0 Å². The third-order valence-electron chi connectivity index (χ3n) is 6.83. The lowest BCUT2D eigenvalue weighted by atomic mass is 10.2. The van der Waals surface area contributed by atoms with Gasteiger partial charge in [-0.05, 0) is 46.1 Å². The van der Waals surface area contributed by atoms with Gasteiger partial charge in [-0.15, -0.1) is 11.3 Å². The highest BCUT2D eigenvalue weighted by Crippen LogP contribution is 2.34. The monoisotopic (exact) mass is 578 g/mol. The van der Waals surface area contributed by atoms with Crippen molar-refractivity contribution in [2.24, 2.45) is 12.0 Å². The number of pyridine rings is 1. The summed E-state index contributed by atoms with van der Waals surface area (Å²) >= 11 is 2.68. The molecule has 0 aliphatic carbocycles. The Bertz CT molecular complexity index is 1890. The maximum Gasteiger partial charge on any atom is 0.326 e. The summed E-state index contributed by atoms with van der Waals surface area (Å²) < 4.78 is 4.87. The molecule has 2 aromatic heterocycles. The number of nitrogens with zero attached hydrogens (tertiary/aromatic N) is 5. The summed E-state index contributed by atoms with van der Waals surface area (Å²) in [5.74, 6) is 0.565. The number of likely N-dealkylation sites (N-methyl/N-ethyl adjacent to an activating group) is 1. The predicted octanol–water partition coefficient (Wildman–Crippen LogP) is 3.48. The zero-order valence-corrected chi connectivity index (χ0v) is 24.3. The van der Waals surface area contributed by atoms with E-state index in [1.54, 1.807) is 9.47 Å². The van der Waals surface area contributed by atoms with Crippen molar-refractivity contribution in [3.63, 3.8) is 0 Å². The zero-order valence-electron chi connectivity index (χ0n) is 22.7. The summed E-state index contributed by atoms with van der Waals surface area (Å²) in [6.45, 7) is 0.735. The van der Waals surface area contributed by atoms with E-state index in [2.05, 4.69) is 0 Å². The molecule has 4 aromatic rings. The van der Waals surface area contributed by atoms with Gasteiger partial charge in [0, 0.05) is 19.3 Å². The first-order chi connectivity index (χ1) is 20.0. The van der Waals surface area contributed by atoms with Crippen LogP contribution in [0.4, 0.5) is 5.82 Å². The second-order valence-electron chi connectivity index (χ2n) is 9.68. The number of allylic oxidation sites excluding steroid dienone is 2. The molecule has 4 heterocycles. The molecule has 0 atom stereocenters. The molecule has 9 heteroatoms. The van der Waals surface area contributed by atoms with Crippen molar-refractivity contribution in [2.45, 2.75) is 13.1 Å². The average Bonchev–Trinajstić information content (AvgIpc) is 3.47. The maximum atomic E-state index is 14.2. The highest BCUT2D eigenvalue weighted by atomic mass is 32.2. The number of aryl methyl sites for hydroxylation is 1. The number of amidine groups is 1. The molecular formula is C32H28N5O2S2+. The molecular weight excluding hydrogens is 551 g/mol. The summed E-state index contributed by atoms with van der Waals surface area (Å²) in [4.78, 5) is 37.2. The van der Waals surface area contributed by atoms with Gasteiger partial charge in [0.1, 0.15) is 14.1 Å². The van der Waals surface area contributed by atoms with Gasteiger partial charge in [0.15, 0.2) is 0 Å². The second kappa shape index (κ2) is 11.6. The van der Waals surface area contributed by atoms with Gasteiger partial charge in [-0.1, -0.05) is 72.8 Å². The minimum Gasteiger partial charge on any atom is -0.350 e. The van der Waals surface area contributed by atoms with E-state index in [9.17, 15) is 9.59 Å². The fourth-order valence-corrected chi connectivity index (χ4v) is 7.03. The van der Waals surface area contributed by atoms with Crippen molar-refractivity contribution in [1.29, 1.82) is 0 Å². The fraction of sp³-hybridized carbons (Fsp3) is 0.125. The van der Waals surface area contributed by atoms with E-state index in [0.717, 1.165) is 22.6 Å². The minimum absolute atomic E-state index is 0.119. The van der Waals surface area contributed by atoms with Gasteiger partial charge in [0.25, 0.3) is 16.6 Å². The third kappa shape index (κ3) is 5.46. The number of aliphatic imine (C=N–C) groups is 1. The topological polar surface area (TPSA) is 61.8 Å². The van der Waals surface area contributed by atoms with Crippen molar-refractivity contribution in [3.05, 3.63) is 140 Å². The molecule has 2 aliphatic rings. The Morgan fingerprint density at radius 1 is 0.854 bits per heavy atom. The Morgan fingerprint density at radius 3 is 2.22 bits per heavy atom. The van der Waals surface area contributed by atoms with Gasteiger partial charge in [0.2, 0.25) is 0 Å². The minimum atomic E-state index is -0.164. The summed E-state index contributed by atoms with van der Waals surface area (Å²) in [6, 6.07) is 25.5. The largest absolute Gasteiger partial charge is 0.350 e. The lowest BCUT2D eigenvalue weighted by Gasteiger charge is -2.16. The zero-order chi connectivity index (χ0) is 28.3. The normalized spacial score (nSPS) is 18.6. The first-order valence-corrected chi connectivity index (χ1v) is 14.8. The van der Waals surface area contributed by atoms with E-state index in [4.69, 9.17) is 4.99 Å². The molecule has 0 radical (unpaired) electrons. The Morgan fingerprint density at radius 2 is 1.54 bits per heavy atom. The highest BCUT2D eigenvalue weighted by Gasteiger charge is 2.39. The lowest BCUT2D eigenvalue weighted by Crippen LogP contribution is -2.35. The molecule has 0 N–H and O–H groups in total. The number of carbonyl (C=O) groups is 1. The molecule has 1 fully saturated rings. The fourth-order valence-electron chi connectivity index (χ4n) is 4.66. The number of amides is 1. The van der Waals surface area contributed by atoms with Crippen LogP contribution in [0.15, 0.2) is 119 Å². The van der Waals surface area contributed by atoms with Gasteiger partial charge in [-0.3, -0.25) is 19.1 Å². The lowest BCUT2D eigenvalue weighted by molar-refractivity contribution is -0.658. The molecule has 0 bridgehead atoms. The summed E-state index contributed by atoms with van der Waals surface area (Å²) in [5.41, 5.74) is 2.67. The quantitative estimate of drug-likeness (QED) is 0.341. The van der Waals surface area contributed by atoms with E-state index in [1.807, 2.05) is 133 Å². The van der Waals surface area contributed by atoms with Gasteiger partial charge >= 0.3 is 5.82 Å². The number of thiazole rings is 1. The molecule has 1 amide bonds. The number of aromatic nitrogens is 2. The van der Waals surface area contributed by atoms with Crippen LogP contribution in [0.2, 0.25) is 0 Å². The van der Waals surface area contributed by atoms with E-state index < -0.39 is 0 Å². The number of hydrogen-bond donors (Lipinski definition) is 0. The van der Waals surface area contributed by atoms with Crippen LogP contribution in [-0.4, -0.2) is 32.5 Å². The van der Waals surface area contributed by atoms with Gasteiger partial charge in [-0.25, -0.2) is 4.57 Å². The number of thioether (sulfide) groups is 1. The van der Waals surface area contributed by atoms with Crippen molar-refractivity contribution >= 4 is 50.6 Å². The number of benzene rings is 2. The standard InChI is InChI=1S/C32H28N5O2S2/c1-34-19-11-9-17-25(34)27-29(38)36(21-23-13-5-3-6-14-23)31(40-27)28-30(39)37(22-24-15-7-4-8-16-24)32(41-28)33-26-18-10-12-20-35(26)2/h3-20H,21-22H2,1-2H3/q+1/b27-25-,31-28-. The smallest absolute Gasteiger partial charge is 0.326 e. The van der Waals surface area contributed by atoms with Crippen LogP contribution in [-0.2, 0) is 24.9 Å². The molecule has 6 rings (SSSR count). The van der Waals surface area contributed by atoms with Crippen LogP contribution in [0.3, 0.4) is 0 Å². The first kappa shape index (κ1) is 26.7. The number of hydrogen-bond acceptors (Lipinski definition) is 6. The van der Waals surface area contributed by atoms with Gasteiger partial charge < -0.3 is 4.90 Å². The number of carbonyl (C=O) groups excluding carboxylic acids is 1. The molecule has 0 spiro atoms. The van der Waals surface area contributed by atoms with E-state index in [1.165, 1.54) is 23.1 Å². The molecule has 41 heavy (non-hydrogen) atoms. The highest BCUT2D eigenvalue weighted by molar-refractivity contribution is 8.23. The average molecular weight is 579 g/mol. The van der Waals surface area contributed by atoms with Crippen molar-refractivity contribution in [3.8, 4) is 0 Å². The van der Waals surface area contributed by atoms with Crippen LogP contribution in [0, 0.1) is 0 Å². The van der Waals surface area contributed by atoms with Crippen LogP contribution in [0.1, 0.15) is 11.1 Å². The molecule has 0 saturated carbocycles. The summed E-state index contributed by atoms with van der Waals surface area (Å²) in [6.07, 6.45) is 9.63. The summed E-state index contributed by atoms with van der Waals surface area (Å²) in [7, 11) is 3.85. The Balaban J connectivity index is 1.57. The summed E-state index contributed by atoms with van der Waals surface area (Å²) in [5, 5.41) is 0.578. The third-order valence-corrected chi connectivity index (χ3v) is 9.23. The molecule has 7 nitrogen and oxygen atoms in total. The van der Waals surface area contributed by atoms with Crippen molar-refractivity contribution < 1.29 is 9.36 Å². The van der Waals surface area contributed by atoms with E-state index in [0.29, 0.717) is 32.4 Å². The molecule has 204 valence electrons. The Labute approximate surface area is 246 Å². The molecule has 2 aliphatic heterocycles. The van der Waals surface area contributed by atoms with Crippen LogP contribution in [0.5, 0.6) is 0 Å². The predicted molar refractivity (Wildman–Crippen MR) is 166 cm³/mol. The SMILES string of the molecule is CN1C=CC=C/C1=c1/s/c(=C2\S/C(=N\c3cccc[n+]3C)N(Cc3ccccc3)C2=O)n(Cc2ccccc2)c1=O.